The Morgan fingerprint density at radius 2 is 1.88 bits per heavy atom. The van der Waals surface area contributed by atoms with E-state index in [4.69, 9.17) is 0 Å². The fourth-order valence-electron chi connectivity index (χ4n) is 3.33. The number of fused-ring (bicyclic) bond motifs is 1. The van der Waals surface area contributed by atoms with Gasteiger partial charge in [-0.05, 0) is 19.1 Å². The van der Waals surface area contributed by atoms with E-state index in [-0.39, 0.29) is 45.4 Å². The normalized spacial score (nSPS) is 12.7. The number of alkyl halides is 3. The molecule has 0 N–H and O–H groups in total. The molecule has 33 heavy (non-hydrogen) atoms. The number of rotatable bonds is 6. The van der Waals surface area contributed by atoms with Crippen molar-refractivity contribution in [2.24, 2.45) is 12.0 Å². The number of hydrogen-bond acceptors (Lipinski definition) is 6. The molecule has 0 saturated heterocycles. The van der Waals surface area contributed by atoms with Crippen LogP contribution in [0.15, 0.2) is 33.0 Å². The molecule has 0 aliphatic carbocycles. The molecule has 0 saturated carbocycles. The van der Waals surface area contributed by atoms with E-state index < -0.39 is 27.3 Å². The third-order valence-electron chi connectivity index (χ3n) is 4.94. The number of aryl methyl sites for hydroxylation is 1. The lowest BCUT2D eigenvalue weighted by Crippen LogP contribution is -2.28. The van der Waals surface area contributed by atoms with E-state index >= 15 is 0 Å². The Bertz CT molecular complexity index is 1410. The quantitative estimate of drug-likeness (QED) is 0.394. The predicted molar refractivity (Wildman–Crippen MR) is 118 cm³/mol. The van der Waals surface area contributed by atoms with Gasteiger partial charge in [0.1, 0.15) is 16.9 Å². The van der Waals surface area contributed by atoms with Crippen LogP contribution >= 0.6 is 0 Å². The van der Waals surface area contributed by atoms with Crippen molar-refractivity contribution in [2.45, 2.75) is 31.5 Å². The number of hydrogen-bond donors (Lipinski definition) is 0. The molecule has 3 aromatic heterocycles. The standard InChI is InChI=1S/C20H23F3N6O3S/c1-6-29-15(20(21,22)23)9-13-17(19(29)30)28(5)18(26-13)16-14(33(31,32)7-2)8-12(10-24-16)25-11-27(3)4/h8-11H,6-7H2,1-5H3/b25-11-. The van der Waals surface area contributed by atoms with Crippen LogP contribution in [0.4, 0.5) is 18.9 Å². The van der Waals surface area contributed by atoms with Crippen molar-refractivity contribution in [3.8, 4) is 11.5 Å². The number of nitrogens with zero attached hydrogens (tertiary/aromatic N) is 6. The zero-order chi connectivity index (χ0) is 24.7. The second-order valence-corrected chi connectivity index (χ2v) is 9.70. The highest BCUT2D eigenvalue weighted by molar-refractivity contribution is 7.91. The number of aliphatic imine (C=N–C) groups is 1. The van der Waals surface area contributed by atoms with Crippen LogP contribution in [-0.4, -0.2) is 58.6 Å². The first-order valence-electron chi connectivity index (χ1n) is 9.93. The summed E-state index contributed by atoms with van der Waals surface area (Å²) in [6.45, 7) is 2.69. The largest absolute Gasteiger partial charge is 0.431 e. The van der Waals surface area contributed by atoms with E-state index in [0.717, 1.165) is 6.07 Å². The van der Waals surface area contributed by atoms with Crippen molar-refractivity contribution in [2.75, 3.05) is 19.8 Å². The molecule has 3 rings (SSSR count). The van der Waals surface area contributed by atoms with Crippen molar-refractivity contribution < 1.29 is 21.6 Å². The summed E-state index contributed by atoms with van der Waals surface area (Å²) in [4.78, 5) is 26.9. The fourth-order valence-corrected chi connectivity index (χ4v) is 4.38. The number of imidazole rings is 1. The van der Waals surface area contributed by atoms with Gasteiger partial charge in [0.15, 0.2) is 15.7 Å². The van der Waals surface area contributed by atoms with Gasteiger partial charge in [-0.2, -0.15) is 13.2 Å². The second-order valence-electron chi connectivity index (χ2n) is 7.46. The molecule has 0 aliphatic rings. The van der Waals surface area contributed by atoms with Crippen molar-refractivity contribution in [3.05, 3.63) is 34.4 Å². The molecule has 0 aliphatic heterocycles. The smallest absolute Gasteiger partial charge is 0.369 e. The minimum atomic E-state index is -4.76. The Balaban J connectivity index is 2.36. The highest BCUT2D eigenvalue weighted by atomic mass is 32.2. The predicted octanol–water partition coefficient (Wildman–Crippen LogP) is 2.85. The summed E-state index contributed by atoms with van der Waals surface area (Å²) in [5.74, 6) is -0.285. The van der Waals surface area contributed by atoms with E-state index in [1.54, 1.807) is 19.0 Å². The molecular weight excluding hydrogens is 461 g/mol. The monoisotopic (exact) mass is 484 g/mol. The van der Waals surface area contributed by atoms with Gasteiger partial charge < -0.3 is 14.0 Å². The van der Waals surface area contributed by atoms with Gasteiger partial charge in [0.05, 0.1) is 34.4 Å². The molecule has 0 unspecified atom stereocenters. The van der Waals surface area contributed by atoms with Crippen molar-refractivity contribution in [3.63, 3.8) is 0 Å². The fraction of sp³-hybridized carbons (Fsp3) is 0.400. The van der Waals surface area contributed by atoms with Gasteiger partial charge >= 0.3 is 6.18 Å². The highest BCUT2D eigenvalue weighted by Gasteiger charge is 2.36. The van der Waals surface area contributed by atoms with Crippen molar-refractivity contribution in [1.82, 2.24) is 24.0 Å². The summed E-state index contributed by atoms with van der Waals surface area (Å²) in [6, 6.07) is 2.11. The number of pyridine rings is 2. The third-order valence-corrected chi connectivity index (χ3v) is 6.69. The van der Waals surface area contributed by atoms with Gasteiger partial charge in [0, 0.05) is 27.7 Å². The van der Waals surface area contributed by atoms with Gasteiger partial charge in [-0.3, -0.25) is 4.79 Å². The summed E-state index contributed by atoms with van der Waals surface area (Å²) in [5.41, 5.74) is -2.10. The van der Waals surface area contributed by atoms with Crippen LogP contribution in [-0.2, 0) is 29.6 Å². The second kappa shape index (κ2) is 8.61. The molecule has 3 aromatic rings. The van der Waals surface area contributed by atoms with Crippen molar-refractivity contribution in [1.29, 1.82) is 0 Å². The lowest BCUT2D eigenvalue weighted by Gasteiger charge is -2.14. The molecule has 0 bridgehead atoms. The van der Waals surface area contributed by atoms with Crippen LogP contribution in [0, 0.1) is 0 Å². The van der Waals surface area contributed by atoms with Crippen LogP contribution in [0.1, 0.15) is 19.5 Å². The molecular formula is C20H23F3N6O3S. The van der Waals surface area contributed by atoms with Gasteiger partial charge in [0.25, 0.3) is 5.56 Å². The number of aromatic nitrogens is 4. The average molecular weight is 485 g/mol. The SMILES string of the molecule is CCn1c(C(F)(F)F)cc2nc(-c3ncc(/N=C\N(C)C)cc3S(=O)(=O)CC)n(C)c2c1=O. The minimum Gasteiger partial charge on any atom is -0.369 e. The lowest BCUT2D eigenvalue weighted by atomic mass is 10.3. The molecule has 0 radical (unpaired) electrons. The molecule has 0 amide bonds. The molecule has 0 aromatic carbocycles. The topological polar surface area (TPSA) is 102 Å². The van der Waals surface area contributed by atoms with Crippen LogP contribution in [0.2, 0.25) is 0 Å². The maximum atomic E-state index is 13.5. The molecule has 0 atom stereocenters. The summed E-state index contributed by atoms with van der Waals surface area (Å²) < 4.78 is 68.0. The molecule has 0 spiro atoms. The maximum absolute atomic E-state index is 13.5. The van der Waals surface area contributed by atoms with Crippen LogP contribution in [0.5, 0.6) is 0 Å². The van der Waals surface area contributed by atoms with Gasteiger partial charge in [-0.25, -0.2) is 23.4 Å². The van der Waals surface area contributed by atoms with Crippen molar-refractivity contribution >= 4 is 32.9 Å². The first kappa shape index (κ1) is 24.4. The van der Waals surface area contributed by atoms with Gasteiger partial charge in [-0.1, -0.05) is 6.92 Å². The first-order valence-corrected chi connectivity index (χ1v) is 11.6. The minimum absolute atomic E-state index is 0.0424. The van der Waals surface area contributed by atoms with E-state index in [2.05, 4.69) is 15.0 Å². The van der Waals surface area contributed by atoms with Crippen LogP contribution < -0.4 is 5.56 Å². The Labute approximate surface area is 188 Å². The van der Waals surface area contributed by atoms with Crippen LogP contribution in [0.3, 0.4) is 0 Å². The Morgan fingerprint density at radius 3 is 2.42 bits per heavy atom. The zero-order valence-electron chi connectivity index (χ0n) is 18.7. The molecule has 3 heterocycles. The summed E-state index contributed by atoms with van der Waals surface area (Å²) in [7, 11) is 1.10. The summed E-state index contributed by atoms with van der Waals surface area (Å²) in [5, 5.41) is 0. The maximum Gasteiger partial charge on any atom is 0.431 e. The summed E-state index contributed by atoms with van der Waals surface area (Å²) in [6.07, 6.45) is -1.96. The number of halogens is 3. The molecule has 178 valence electrons. The Morgan fingerprint density at radius 1 is 1.21 bits per heavy atom. The third kappa shape index (κ3) is 4.49. The number of sulfone groups is 1. The Hall–Kier alpha value is -3.22. The van der Waals surface area contributed by atoms with E-state index in [9.17, 15) is 26.4 Å². The van der Waals surface area contributed by atoms with E-state index in [0.29, 0.717) is 4.57 Å². The van der Waals surface area contributed by atoms with Gasteiger partial charge in [0.2, 0.25) is 0 Å². The Kier molecular flexibility index (Phi) is 6.37. The molecule has 13 heteroatoms. The summed E-state index contributed by atoms with van der Waals surface area (Å²) >= 11 is 0. The first-order chi connectivity index (χ1) is 15.3. The highest BCUT2D eigenvalue weighted by Crippen LogP contribution is 2.33. The van der Waals surface area contributed by atoms with Gasteiger partial charge in [-0.15, -0.1) is 0 Å². The molecule has 0 fully saturated rings. The lowest BCUT2D eigenvalue weighted by molar-refractivity contribution is -0.144. The van der Waals surface area contributed by atoms with Crippen LogP contribution in [0.25, 0.3) is 22.6 Å². The zero-order valence-corrected chi connectivity index (χ0v) is 19.5. The van der Waals surface area contributed by atoms with E-state index in [1.165, 1.54) is 44.1 Å². The van der Waals surface area contributed by atoms with E-state index in [1.807, 2.05) is 0 Å². The molecule has 9 nitrogen and oxygen atoms in total. The average Bonchev–Trinajstić information content (AvgIpc) is 3.07.